The lowest BCUT2D eigenvalue weighted by molar-refractivity contribution is -0.153. The van der Waals surface area contributed by atoms with Gasteiger partial charge in [-0.3, -0.25) is 4.79 Å². The SMILES string of the molecule is CC(C)OC(=O)C1CCCCC1Cl. The number of rotatable bonds is 2. The lowest BCUT2D eigenvalue weighted by Gasteiger charge is -2.25. The Morgan fingerprint density at radius 2 is 2.00 bits per heavy atom. The van der Waals surface area contributed by atoms with Crippen molar-refractivity contribution in [3.8, 4) is 0 Å². The fraction of sp³-hybridized carbons (Fsp3) is 0.900. The van der Waals surface area contributed by atoms with E-state index in [9.17, 15) is 4.79 Å². The van der Waals surface area contributed by atoms with Gasteiger partial charge in [0.2, 0.25) is 0 Å². The van der Waals surface area contributed by atoms with Gasteiger partial charge in [0, 0.05) is 5.38 Å². The molecule has 1 aliphatic rings. The predicted molar refractivity (Wildman–Crippen MR) is 52.8 cm³/mol. The van der Waals surface area contributed by atoms with Crippen LogP contribution in [0.2, 0.25) is 0 Å². The van der Waals surface area contributed by atoms with Crippen LogP contribution in [0.3, 0.4) is 0 Å². The maximum absolute atomic E-state index is 11.5. The quantitative estimate of drug-likeness (QED) is 0.511. The van der Waals surface area contributed by atoms with Crippen molar-refractivity contribution in [2.45, 2.75) is 51.0 Å². The molecule has 1 rings (SSSR count). The van der Waals surface area contributed by atoms with Crippen LogP contribution in [0, 0.1) is 5.92 Å². The van der Waals surface area contributed by atoms with Gasteiger partial charge in [0.05, 0.1) is 12.0 Å². The van der Waals surface area contributed by atoms with E-state index in [2.05, 4.69) is 0 Å². The maximum Gasteiger partial charge on any atom is 0.310 e. The molecule has 0 heterocycles. The first-order chi connectivity index (χ1) is 6.11. The van der Waals surface area contributed by atoms with Crippen molar-refractivity contribution in [2.75, 3.05) is 0 Å². The normalized spacial score (nSPS) is 28.9. The first kappa shape index (κ1) is 10.8. The fourth-order valence-corrected chi connectivity index (χ4v) is 2.05. The van der Waals surface area contributed by atoms with E-state index >= 15 is 0 Å². The fourth-order valence-electron chi connectivity index (χ4n) is 1.67. The second kappa shape index (κ2) is 4.85. The van der Waals surface area contributed by atoms with E-state index < -0.39 is 0 Å². The lowest BCUT2D eigenvalue weighted by Crippen LogP contribution is -2.30. The highest BCUT2D eigenvalue weighted by Crippen LogP contribution is 2.29. The average Bonchev–Trinajstić information content (AvgIpc) is 2.03. The Kier molecular flexibility index (Phi) is 4.04. The summed E-state index contributed by atoms with van der Waals surface area (Å²) >= 11 is 6.06. The highest BCUT2D eigenvalue weighted by atomic mass is 35.5. The summed E-state index contributed by atoms with van der Waals surface area (Å²) in [5.74, 6) is -0.187. The second-order valence-corrected chi connectivity index (χ2v) is 4.45. The highest BCUT2D eigenvalue weighted by molar-refractivity contribution is 6.22. The van der Waals surface area contributed by atoms with Crippen molar-refractivity contribution in [2.24, 2.45) is 5.92 Å². The monoisotopic (exact) mass is 204 g/mol. The number of halogens is 1. The van der Waals surface area contributed by atoms with Gasteiger partial charge in [-0.05, 0) is 26.7 Å². The number of hydrogen-bond donors (Lipinski definition) is 0. The molecule has 0 N–H and O–H groups in total. The molecule has 3 heteroatoms. The van der Waals surface area contributed by atoms with Crippen LogP contribution in [0.25, 0.3) is 0 Å². The Bertz CT molecular complexity index is 180. The average molecular weight is 205 g/mol. The molecule has 2 unspecified atom stereocenters. The van der Waals surface area contributed by atoms with Crippen molar-refractivity contribution >= 4 is 17.6 Å². The molecule has 1 aliphatic carbocycles. The number of carbonyl (C=O) groups is 1. The molecule has 0 aromatic rings. The molecule has 0 spiro atoms. The molecule has 0 aromatic carbocycles. The Morgan fingerprint density at radius 1 is 1.38 bits per heavy atom. The van der Waals surface area contributed by atoms with Gasteiger partial charge in [-0.25, -0.2) is 0 Å². The predicted octanol–water partition coefficient (Wildman–Crippen LogP) is 2.74. The van der Waals surface area contributed by atoms with Gasteiger partial charge in [0.1, 0.15) is 0 Å². The van der Waals surface area contributed by atoms with Gasteiger partial charge in [-0.15, -0.1) is 11.6 Å². The van der Waals surface area contributed by atoms with Crippen LogP contribution in [0.4, 0.5) is 0 Å². The standard InChI is InChI=1S/C10H17ClO2/c1-7(2)13-10(12)8-5-3-4-6-9(8)11/h7-9H,3-6H2,1-2H3. The van der Waals surface area contributed by atoms with Gasteiger partial charge in [-0.1, -0.05) is 12.8 Å². The lowest BCUT2D eigenvalue weighted by atomic mass is 9.89. The van der Waals surface area contributed by atoms with E-state index in [0.717, 1.165) is 25.7 Å². The Balaban J connectivity index is 2.44. The third-order valence-corrected chi connectivity index (χ3v) is 2.86. The molecular weight excluding hydrogens is 188 g/mol. The summed E-state index contributed by atoms with van der Waals surface area (Å²) < 4.78 is 5.14. The van der Waals surface area contributed by atoms with Crippen LogP contribution < -0.4 is 0 Å². The largest absolute Gasteiger partial charge is 0.463 e. The molecule has 2 nitrogen and oxygen atoms in total. The van der Waals surface area contributed by atoms with Crippen LogP contribution in [0.1, 0.15) is 39.5 Å². The first-order valence-corrected chi connectivity index (χ1v) is 5.39. The Hall–Kier alpha value is -0.240. The molecule has 76 valence electrons. The van der Waals surface area contributed by atoms with E-state index in [-0.39, 0.29) is 23.4 Å². The summed E-state index contributed by atoms with van der Waals surface area (Å²) in [6, 6.07) is 0. The smallest absolute Gasteiger partial charge is 0.310 e. The molecular formula is C10H17ClO2. The summed E-state index contributed by atoms with van der Waals surface area (Å²) in [5.41, 5.74) is 0. The summed E-state index contributed by atoms with van der Waals surface area (Å²) in [7, 11) is 0. The zero-order valence-corrected chi connectivity index (χ0v) is 9.01. The maximum atomic E-state index is 11.5. The van der Waals surface area contributed by atoms with E-state index in [0.29, 0.717) is 0 Å². The van der Waals surface area contributed by atoms with Crippen LogP contribution >= 0.6 is 11.6 Å². The third-order valence-electron chi connectivity index (χ3n) is 2.34. The minimum atomic E-state index is -0.116. The molecule has 0 aromatic heterocycles. The number of alkyl halides is 1. The molecule has 0 radical (unpaired) electrons. The van der Waals surface area contributed by atoms with E-state index in [1.54, 1.807) is 0 Å². The molecule has 0 saturated heterocycles. The van der Waals surface area contributed by atoms with Crippen molar-refractivity contribution in [3.05, 3.63) is 0 Å². The van der Waals surface area contributed by atoms with E-state index in [1.165, 1.54) is 0 Å². The molecule has 13 heavy (non-hydrogen) atoms. The third kappa shape index (κ3) is 3.18. The van der Waals surface area contributed by atoms with E-state index in [1.807, 2.05) is 13.8 Å². The molecule has 0 amide bonds. The zero-order valence-electron chi connectivity index (χ0n) is 8.25. The van der Waals surface area contributed by atoms with Gasteiger partial charge < -0.3 is 4.74 Å². The molecule has 1 saturated carbocycles. The summed E-state index contributed by atoms with van der Waals surface area (Å²) in [5, 5.41) is -0.0139. The molecule has 0 bridgehead atoms. The van der Waals surface area contributed by atoms with Gasteiger partial charge in [-0.2, -0.15) is 0 Å². The second-order valence-electron chi connectivity index (χ2n) is 3.89. The van der Waals surface area contributed by atoms with Crippen molar-refractivity contribution < 1.29 is 9.53 Å². The summed E-state index contributed by atoms with van der Waals surface area (Å²) in [6.07, 6.45) is 4.04. The topological polar surface area (TPSA) is 26.3 Å². The van der Waals surface area contributed by atoms with Gasteiger partial charge >= 0.3 is 5.97 Å². The number of ether oxygens (including phenoxy) is 1. The number of hydrogen-bond acceptors (Lipinski definition) is 2. The zero-order chi connectivity index (χ0) is 9.84. The van der Waals surface area contributed by atoms with Crippen LogP contribution in [0.15, 0.2) is 0 Å². The summed E-state index contributed by atoms with van der Waals surface area (Å²) in [6.45, 7) is 3.73. The van der Waals surface area contributed by atoms with Crippen LogP contribution in [-0.2, 0) is 9.53 Å². The minimum absolute atomic E-state index is 0.0139. The van der Waals surface area contributed by atoms with Crippen LogP contribution in [0.5, 0.6) is 0 Å². The molecule has 2 atom stereocenters. The van der Waals surface area contributed by atoms with E-state index in [4.69, 9.17) is 16.3 Å². The van der Waals surface area contributed by atoms with Crippen LogP contribution in [-0.4, -0.2) is 17.5 Å². The molecule has 0 aliphatic heterocycles. The Labute approximate surface area is 84.6 Å². The molecule has 1 fully saturated rings. The van der Waals surface area contributed by atoms with Gasteiger partial charge in [0.15, 0.2) is 0 Å². The van der Waals surface area contributed by atoms with Crippen molar-refractivity contribution in [3.63, 3.8) is 0 Å². The summed E-state index contributed by atoms with van der Waals surface area (Å²) in [4.78, 5) is 11.5. The number of carbonyl (C=O) groups excluding carboxylic acids is 1. The Morgan fingerprint density at radius 3 is 2.54 bits per heavy atom. The number of esters is 1. The van der Waals surface area contributed by atoms with Crippen molar-refractivity contribution in [1.82, 2.24) is 0 Å². The highest BCUT2D eigenvalue weighted by Gasteiger charge is 2.30. The minimum Gasteiger partial charge on any atom is -0.463 e. The first-order valence-electron chi connectivity index (χ1n) is 4.96. The van der Waals surface area contributed by atoms with Gasteiger partial charge in [0.25, 0.3) is 0 Å². The van der Waals surface area contributed by atoms with Crippen molar-refractivity contribution in [1.29, 1.82) is 0 Å².